The molecular formula is C12H16FN5. The van der Waals surface area contributed by atoms with Gasteiger partial charge in [0.2, 0.25) is 5.95 Å². The number of benzene rings is 1. The molecule has 5 nitrogen and oxygen atoms in total. The molecule has 6 heteroatoms. The fourth-order valence-electron chi connectivity index (χ4n) is 1.80. The molecule has 0 fully saturated rings. The van der Waals surface area contributed by atoms with Crippen LogP contribution < -0.4 is 11.1 Å². The van der Waals surface area contributed by atoms with Gasteiger partial charge in [-0.2, -0.15) is 0 Å². The molecule has 1 heterocycles. The van der Waals surface area contributed by atoms with Crippen molar-refractivity contribution < 1.29 is 4.39 Å². The molecule has 0 aliphatic rings. The standard InChI is InChI=1S/C12H16FN5/c1-3-15-12-17-16-11(18(12)4-2)9-7-8(14)5-6-10(9)13/h5-7H,3-4,14H2,1-2H3,(H,15,17). The van der Waals surface area contributed by atoms with Gasteiger partial charge in [-0.25, -0.2) is 4.39 Å². The predicted molar refractivity (Wildman–Crippen MR) is 69.7 cm³/mol. The van der Waals surface area contributed by atoms with Crippen LogP contribution in [-0.2, 0) is 6.54 Å². The van der Waals surface area contributed by atoms with Crippen molar-refractivity contribution >= 4 is 11.6 Å². The Kier molecular flexibility index (Phi) is 3.45. The summed E-state index contributed by atoms with van der Waals surface area (Å²) in [5.41, 5.74) is 6.55. The number of nitrogen functional groups attached to an aromatic ring is 1. The van der Waals surface area contributed by atoms with E-state index in [9.17, 15) is 4.39 Å². The van der Waals surface area contributed by atoms with Crippen LogP contribution in [-0.4, -0.2) is 21.3 Å². The van der Waals surface area contributed by atoms with E-state index in [4.69, 9.17) is 5.73 Å². The van der Waals surface area contributed by atoms with Gasteiger partial charge in [0.05, 0.1) is 5.56 Å². The molecule has 2 aromatic rings. The Bertz CT molecular complexity index is 549. The van der Waals surface area contributed by atoms with Crippen molar-refractivity contribution in [2.45, 2.75) is 20.4 Å². The van der Waals surface area contributed by atoms with Crippen LogP contribution in [0.1, 0.15) is 13.8 Å². The number of rotatable bonds is 4. The van der Waals surface area contributed by atoms with E-state index in [2.05, 4.69) is 15.5 Å². The van der Waals surface area contributed by atoms with E-state index in [0.717, 1.165) is 6.54 Å². The summed E-state index contributed by atoms with van der Waals surface area (Å²) in [4.78, 5) is 0. The third-order valence-electron chi connectivity index (χ3n) is 2.63. The first-order valence-corrected chi connectivity index (χ1v) is 5.89. The minimum Gasteiger partial charge on any atom is -0.399 e. The zero-order valence-corrected chi connectivity index (χ0v) is 10.4. The molecule has 0 bridgehead atoms. The summed E-state index contributed by atoms with van der Waals surface area (Å²) in [6.45, 7) is 5.31. The van der Waals surface area contributed by atoms with Crippen LogP contribution in [0.2, 0.25) is 0 Å². The molecule has 0 amide bonds. The fourth-order valence-corrected chi connectivity index (χ4v) is 1.80. The minimum atomic E-state index is -0.352. The van der Waals surface area contributed by atoms with Crippen molar-refractivity contribution in [2.75, 3.05) is 17.6 Å². The maximum atomic E-state index is 13.8. The van der Waals surface area contributed by atoms with Gasteiger partial charge in [-0.1, -0.05) is 0 Å². The Hall–Kier alpha value is -2.11. The van der Waals surface area contributed by atoms with Crippen molar-refractivity contribution in [1.82, 2.24) is 14.8 Å². The molecule has 96 valence electrons. The van der Waals surface area contributed by atoms with Crippen molar-refractivity contribution in [3.05, 3.63) is 24.0 Å². The molecule has 0 spiro atoms. The van der Waals surface area contributed by atoms with Crippen molar-refractivity contribution in [1.29, 1.82) is 0 Å². The number of anilines is 2. The average molecular weight is 249 g/mol. The summed E-state index contributed by atoms with van der Waals surface area (Å²) in [5, 5.41) is 11.1. The zero-order chi connectivity index (χ0) is 13.1. The summed E-state index contributed by atoms with van der Waals surface area (Å²) in [6.07, 6.45) is 0. The Morgan fingerprint density at radius 1 is 1.33 bits per heavy atom. The highest BCUT2D eigenvalue weighted by Gasteiger charge is 2.15. The molecule has 0 radical (unpaired) electrons. The lowest BCUT2D eigenvalue weighted by atomic mass is 10.2. The highest BCUT2D eigenvalue weighted by Crippen LogP contribution is 2.25. The molecule has 0 unspecified atom stereocenters. The van der Waals surface area contributed by atoms with Crippen molar-refractivity contribution in [3.8, 4) is 11.4 Å². The van der Waals surface area contributed by atoms with E-state index in [-0.39, 0.29) is 5.82 Å². The van der Waals surface area contributed by atoms with E-state index >= 15 is 0 Å². The van der Waals surface area contributed by atoms with Crippen LogP contribution in [0.4, 0.5) is 16.0 Å². The van der Waals surface area contributed by atoms with Gasteiger partial charge in [0.15, 0.2) is 5.82 Å². The van der Waals surface area contributed by atoms with Gasteiger partial charge in [0, 0.05) is 18.8 Å². The van der Waals surface area contributed by atoms with E-state index in [1.807, 2.05) is 18.4 Å². The average Bonchev–Trinajstić information content (AvgIpc) is 2.75. The molecule has 0 atom stereocenters. The van der Waals surface area contributed by atoms with Crippen LogP contribution in [0.5, 0.6) is 0 Å². The highest BCUT2D eigenvalue weighted by molar-refractivity contribution is 5.63. The number of halogens is 1. The number of aromatic nitrogens is 3. The van der Waals surface area contributed by atoms with Gasteiger partial charge in [0.25, 0.3) is 0 Å². The largest absolute Gasteiger partial charge is 0.399 e. The summed E-state index contributed by atoms with van der Waals surface area (Å²) in [5.74, 6) is 0.768. The van der Waals surface area contributed by atoms with Gasteiger partial charge in [-0.3, -0.25) is 4.57 Å². The molecule has 2 rings (SSSR count). The molecule has 0 aliphatic heterocycles. The topological polar surface area (TPSA) is 68.8 Å². The molecule has 0 aliphatic carbocycles. The first-order chi connectivity index (χ1) is 8.67. The fraction of sp³-hybridized carbons (Fsp3) is 0.333. The summed E-state index contributed by atoms with van der Waals surface area (Å²) in [6, 6.07) is 4.43. The minimum absolute atomic E-state index is 0.352. The number of nitrogens with zero attached hydrogens (tertiary/aromatic N) is 3. The number of hydrogen-bond acceptors (Lipinski definition) is 4. The monoisotopic (exact) mass is 249 g/mol. The third kappa shape index (κ3) is 2.13. The lowest BCUT2D eigenvalue weighted by Gasteiger charge is -2.09. The number of hydrogen-bond donors (Lipinski definition) is 2. The van der Waals surface area contributed by atoms with Gasteiger partial charge in [0.1, 0.15) is 5.82 Å². The summed E-state index contributed by atoms with van der Waals surface area (Å²) in [7, 11) is 0. The van der Waals surface area contributed by atoms with E-state index < -0.39 is 0 Å². The van der Waals surface area contributed by atoms with E-state index in [0.29, 0.717) is 29.6 Å². The number of nitrogens with one attached hydrogen (secondary N) is 1. The second kappa shape index (κ2) is 5.03. The van der Waals surface area contributed by atoms with E-state index in [1.165, 1.54) is 12.1 Å². The Balaban J connectivity index is 2.53. The highest BCUT2D eigenvalue weighted by atomic mass is 19.1. The zero-order valence-electron chi connectivity index (χ0n) is 10.4. The molecular weight excluding hydrogens is 233 g/mol. The summed E-state index contributed by atoms with van der Waals surface area (Å²) < 4.78 is 15.6. The van der Waals surface area contributed by atoms with Crippen LogP contribution >= 0.6 is 0 Å². The molecule has 0 saturated carbocycles. The molecule has 1 aromatic carbocycles. The van der Waals surface area contributed by atoms with Crippen LogP contribution in [0, 0.1) is 5.82 Å². The van der Waals surface area contributed by atoms with Gasteiger partial charge in [-0.05, 0) is 32.0 Å². The lowest BCUT2D eigenvalue weighted by molar-refractivity contribution is 0.627. The van der Waals surface area contributed by atoms with Crippen LogP contribution in [0.25, 0.3) is 11.4 Å². The molecule has 0 saturated heterocycles. The maximum absolute atomic E-state index is 13.8. The molecule has 18 heavy (non-hydrogen) atoms. The quantitative estimate of drug-likeness (QED) is 0.814. The molecule has 3 N–H and O–H groups in total. The Labute approximate surface area is 105 Å². The maximum Gasteiger partial charge on any atom is 0.224 e. The van der Waals surface area contributed by atoms with Gasteiger partial charge in [-0.15, -0.1) is 10.2 Å². The van der Waals surface area contributed by atoms with Crippen LogP contribution in [0.15, 0.2) is 18.2 Å². The van der Waals surface area contributed by atoms with Crippen molar-refractivity contribution in [2.24, 2.45) is 0 Å². The first-order valence-electron chi connectivity index (χ1n) is 5.89. The smallest absolute Gasteiger partial charge is 0.224 e. The second-order valence-corrected chi connectivity index (χ2v) is 3.86. The van der Waals surface area contributed by atoms with E-state index in [1.54, 1.807) is 6.07 Å². The third-order valence-corrected chi connectivity index (χ3v) is 2.63. The van der Waals surface area contributed by atoms with Gasteiger partial charge < -0.3 is 11.1 Å². The van der Waals surface area contributed by atoms with Crippen molar-refractivity contribution in [3.63, 3.8) is 0 Å². The first kappa shape index (κ1) is 12.3. The lowest BCUT2D eigenvalue weighted by Crippen LogP contribution is -2.07. The number of nitrogens with two attached hydrogens (primary N) is 1. The Morgan fingerprint density at radius 3 is 2.78 bits per heavy atom. The predicted octanol–water partition coefficient (Wildman–Crippen LogP) is 2.12. The van der Waals surface area contributed by atoms with Crippen LogP contribution in [0.3, 0.4) is 0 Å². The Morgan fingerprint density at radius 2 is 2.11 bits per heavy atom. The molecule has 1 aromatic heterocycles. The summed E-state index contributed by atoms with van der Waals surface area (Å²) >= 11 is 0. The normalized spacial score (nSPS) is 10.6. The van der Waals surface area contributed by atoms with Gasteiger partial charge >= 0.3 is 0 Å². The second-order valence-electron chi connectivity index (χ2n) is 3.86. The SMILES string of the molecule is CCNc1nnc(-c2cc(N)ccc2F)n1CC.